The summed E-state index contributed by atoms with van der Waals surface area (Å²) in [7, 11) is 1.87. The first-order chi connectivity index (χ1) is 18.5. The molecule has 1 atom stereocenters. The summed E-state index contributed by atoms with van der Waals surface area (Å²) in [6.45, 7) is 2.53. The summed E-state index contributed by atoms with van der Waals surface area (Å²) in [5, 5.41) is 9.30. The van der Waals surface area contributed by atoms with Gasteiger partial charge in [-0.2, -0.15) is 5.10 Å². The zero-order valence-electron chi connectivity index (χ0n) is 20.8. The van der Waals surface area contributed by atoms with E-state index in [4.69, 9.17) is 10.7 Å². The van der Waals surface area contributed by atoms with E-state index < -0.39 is 0 Å². The first kappa shape index (κ1) is 23.5. The van der Waals surface area contributed by atoms with Crippen molar-refractivity contribution in [1.82, 2.24) is 29.7 Å². The Kier molecular flexibility index (Phi) is 5.90. The summed E-state index contributed by atoms with van der Waals surface area (Å²) in [6.07, 6.45) is 7.38. The van der Waals surface area contributed by atoms with Gasteiger partial charge in [-0.1, -0.05) is 48.2 Å². The Morgan fingerprint density at radius 2 is 2.08 bits per heavy atom. The van der Waals surface area contributed by atoms with Gasteiger partial charge in [-0.3, -0.25) is 9.48 Å². The van der Waals surface area contributed by atoms with E-state index in [1.54, 1.807) is 26.9 Å². The van der Waals surface area contributed by atoms with E-state index in [0.717, 1.165) is 38.2 Å². The summed E-state index contributed by atoms with van der Waals surface area (Å²) in [5.74, 6) is 6.88. The Morgan fingerprint density at radius 1 is 1.24 bits per heavy atom. The van der Waals surface area contributed by atoms with Crippen LogP contribution in [0.3, 0.4) is 0 Å². The van der Waals surface area contributed by atoms with Gasteiger partial charge in [0.05, 0.1) is 39.3 Å². The third-order valence-electron chi connectivity index (χ3n) is 6.26. The molecule has 38 heavy (non-hydrogen) atoms. The van der Waals surface area contributed by atoms with Crippen molar-refractivity contribution in [3.05, 3.63) is 88.5 Å². The van der Waals surface area contributed by atoms with Crippen LogP contribution in [-0.2, 0) is 7.05 Å². The first-order valence-electron chi connectivity index (χ1n) is 12.1. The lowest BCUT2D eigenvalue weighted by Gasteiger charge is -2.20. The number of amides is 1. The fourth-order valence-corrected chi connectivity index (χ4v) is 5.32. The lowest BCUT2D eigenvalue weighted by atomic mass is 10.00. The molecule has 1 unspecified atom stereocenters. The first-order valence-corrected chi connectivity index (χ1v) is 12.9. The second-order valence-corrected chi connectivity index (χ2v) is 9.85. The number of thiophene rings is 1. The molecule has 0 saturated carbocycles. The Hall–Kier alpha value is -4.88. The van der Waals surface area contributed by atoms with Gasteiger partial charge in [0.15, 0.2) is 17.3 Å². The standard InChI is InChI=1S/C28H24N8OS/c1-17(32-28(37)26-27(29)33-23-9-6-12-30-36(23)26)21-13-22-25(34-24(21)19-7-4-3-5-8-19)20(16-38-22)11-10-18-14-31-35(2)15-18/h3-9,13-17,30H,12,29H2,1-2H3,(H,32,37). The SMILES string of the molecule is CC(NC(=O)c1c(N)nc2n1NCC=C2)c1cc2scc(C#Cc3cnn(C)c3)c2nc1-c1ccccc1. The van der Waals surface area contributed by atoms with Crippen molar-refractivity contribution < 1.29 is 4.79 Å². The van der Waals surface area contributed by atoms with Gasteiger partial charge in [-0.25, -0.2) is 14.6 Å². The van der Waals surface area contributed by atoms with Crippen LogP contribution in [0, 0.1) is 11.8 Å². The molecule has 0 radical (unpaired) electrons. The van der Waals surface area contributed by atoms with Crippen LogP contribution in [0.1, 0.15) is 46.0 Å². The Balaban J connectivity index is 1.39. The molecule has 0 spiro atoms. The van der Waals surface area contributed by atoms with Gasteiger partial charge in [0.1, 0.15) is 0 Å². The number of rotatable bonds is 4. The number of anilines is 1. The van der Waals surface area contributed by atoms with Crippen LogP contribution in [0.2, 0.25) is 0 Å². The van der Waals surface area contributed by atoms with Crippen molar-refractivity contribution in [2.45, 2.75) is 13.0 Å². The number of carbonyl (C=O) groups excluding carboxylic acids is 1. The van der Waals surface area contributed by atoms with Crippen LogP contribution in [0.5, 0.6) is 0 Å². The predicted molar refractivity (Wildman–Crippen MR) is 150 cm³/mol. The molecule has 0 aliphatic carbocycles. The monoisotopic (exact) mass is 520 g/mol. The number of fused-ring (bicyclic) bond motifs is 2. The number of benzene rings is 1. The highest BCUT2D eigenvalue weighted by Gasteiger charge is 2.25. The Bertz CT molecular complexity index is 1770. The van der Waals surface area contributed by atoms with Crippen molar-refractivity contribution in [3.63, 3.8) is 0 Å². The molecule has 1 aliphatic heterocycles. The molecule has 5 heterocycles. The number of pyridine rings is 1. The second kappa shape index (κ2) is 9.53. The number of nitrogens with zero attached hydrogens (tertiary/aromatic N) is 5. The fourth-order valence-electron chi connectivity index (χ4n) is 4.44. The van der Waals surface area contributed by atoms with E-state index >= 15 is 0 Å². The van der Waals surface area contributed by atoms with E-state index in [9.17, 15) is 4.79 Å². The van der Waals surface area contributed by atoms with Crippen LogP contribution in [0.4, 0.5) is 5.82 Å². The zero-order valence-corrected chi connectivity index (χ0v) is 21.6. The lowest BCUT2D eigenvalue weighted by Crippen LogP contribution is -2.32. The summed E-state index contributed by atoms with van der Waals surface area (Å²) in [5.41, 5.74) is 14.7. The molecule has 0 fully saturated rings. The highest BCUT2D eigenvalue weighted by atomic mass is 32.1. The molecule has 6 rings (SSSR count). The van der Waals surface area contributed by atoms with Crippen molar-refractivity contribution in [2.75, 3.05) is 17.7 Å². The highest BCUT2D eigenvalue weighted by molar-refractivity contribution is 7.17. The number of hydrogen-bond donors (Lipinski definition) is 3. The minimum Gasteiger partial charge on any atom is -0.382 e. The van der Waals surface area contributed by atoms with Crippen LogP contribution in [0.15, 0.2) is 60.2 Å². The van der Waals surface area contributed by atoms with Gasteiger partial charge in [0.25, 0.3) is 5.91 Å². The molecule has 5 aromatic rings. The molecule has 4 aromatic heterocycles. The van der Waals surface area contributed by atoms with Gasteiger partial charge in [0.2, 0.25) is 0 Å². The molecule has 0 bridgehead atoms. The maximum atomic E-state index is 13.4. The maximum Gasteiger partial charge on any atom is 0.274 e. The number of carbonyl (C=O) groups is 1. The molecule has 4 N–H and O–H groups in total. The molecule has 188 valence electrons. The summed E-state index contributed by atoms with van der Waals surface area (Å²) in [6, 6.07) is 11.7. The summed E-state index contributed by atoms with van der Waals surface area (Å²) < 4.78 is 4.34. The van der Waals surface area contributed by atoms with E-state index in [1.165, 1.54) is 0 Å². The van der Waals surface area contributed by atoms with E-state index in [1.807, 2.05) is 68.0 Å². The number of nitrogen functional groups attached to an aromatic ring is 1. The van der Waals surface area contributed by atoms with E-state index in [0.29, 0.717) is 12.4 Å². The molecule has 0 saturated heterocycles. The fraction of sp³-hybridized carbons (Fsp3) is 0.143. The van der Waals surface area contributed by atoms with Crippen LogP contribution in [0.25, 0.3) is 27.6 Å². The topological polar surface area (TPSA) is 116 Å². The number of nitrogens with two attached hydrogens (primary N) is 1. The quantitative estimate of drug-likeness (QED) is 0.309. The van der Waals surface area contributed by atoms with Crippen LogP contribution < -0.4 is 16.5 Å². The molecule has 1 amide bonds. The largest absolute Gasteiger partial charge is 0.382 e. The molecular weight excluding hydrogens is 496 g/mol. The van der Waals surface area contributed by atoms with E-state index in [-0.39, 0.29) is 23.5 Å². The van der Waals surface area contributed by atoms with Gasteiger partial charge in [-0.15, -0.1) is 11.3 Å². The highest BCUT2D eigenvalue weighted by Crippen LogP contribution is 2.34. The molecule has 1 aliphatic rings. The lowest BCUT2D eigenvalue weighted by molar-refractivity contribution is 0.0933. The van der Waals surface area contributed by atoms with Gasteiger partial charge in [0, 0.05) is 36.3 Å². The molecule has 10 heteroatoms. The van der Waals surface area contributed by atoms with Crippen molar-refractivity contribution in [2.24, 2.45) is 7.05 Å². The average molecular weight is 521 g/mol. The number of aryl methyl sites for hydroxylation is 1. The average Bonchev–Trinajstić information content (AvgIpc) is 3.62. The van der Waals surface area contributed by atoms with E-state index in [2.05, 4.69) is 38.7 Å². The Morgan fingerprint density at radius 3 is 2.87 bits per heavy atom. The zero-order chi connectivity index (χ0) is 26.2. The van der Waals surface area contributed by atoms with Crippen LogP contribution in [-0.4, -0.2) is 36.9 Å². The normalized spacial score (nSPS) is 12.9. The third kappa shape index (κ3) is 4.29. The van der Waals surface area contributed by atoms with Crippen LogP contribution >= 0.6 is 11.3 Å². The number of imidazole rings is 1. The number of hydrogen-bond acceptors (Lipinski definition) is 7. The summed E-state index contributed by atoms with van der Waals surface area (Å²) >= 11 is 1.58. The second-order valence-electron chi connectivity index (χ2n) is 8.94. The molecular formula is C28H24N8OS. The number of aromatic nitrogens is 5. The maximum absolute atomic E-state index is 13.4. The minimum atomic E-state index is -0.355. The number of nitrogens with one attached hydrogen (secondary N) is 2. The Labute approximate surface area is 223 Å². The van der Waals surface area contributed by atoms with Crippen molar-refractivity contribution in [1.29, 1.82) is 0 Å². The van der Waals surface area contributed by atoms with Gasteiger partial charge < -0.3 is 16.5 Å². The van der Waals surface area contributed by atoms with Gasteiger partial charge >= 0.3 is 0 Å². The summed E-state index contributed by atoms with van der Waals surface area (Å²) in [4.78, 5) is 22.7. The third-order valence-corrected chi connectivity index (χ3v) is 7.18. The minimum absolute atomic E-state index is 0.177. The van der Waals surface area contributed by atoms with Crippen molar-refractivity contribution in [3.8, 4) is 23.1 Å². The van der Waals surface area contributed by atoms with Crippen molar-refractivity contribution >= 4 is 39.4 Å². The van der Waals surface area contributed by atoms with Gasteiger partial charge in [-0.05, 0) is 19.1 Å². The predicted octanol–water partition coefficient (Wildman–Crippen LogP) is 3.94. The molecule has 9 nitrogen and oxygen atoms in total. The smallest absolute Gasteiger partial charge is 0.274 e. The molecule has 1 aromatic carbocycles.